The number of nitrogens with zero attached hydrogens (tertiary/aromatic N) is 2. The first-order valence-corrected chi connectivity index (χ1v) is 9.37. The minimum Gasteiger partial charge on any atom is -0.484 e. The highest BCUT2D eigenvalue weighted by Gasteiger charge is 2.48. The number of carbonyl (C=O) groups is 2. The SMILES string of the molecule is Cc1ccc(N2C[C@]3(CCN(C(=O)COc4ccccc4)C3)CC2=O)cc1. The molecule has 0 unspecified atom stereocenters. The van der Waals surface area contributed by atoms with Crippen LogP contribution in [-0.2, 0) is 9.59 Å². The van der Waals surface area contributed by atoms with Crippen LogP contribution in [-0.4, -0.2) is 43.0 Å². The molecule has 2 aromatic carbocycles. The minimum atomic E-state index is -0.135. The summed E-state index contributed by atoms with van der Waals surface area (Å²) < 4.78 is 5.59. The third-order valence-electron chi connectivity index (χ3n) is 5.56. The van der Waals surface area contributed by atoms with Crippen LogP contribution in [0.15, 0.2) is 54.6 Å². The maximum atomic E-state index is 12.6. The summed E-state index contributed by atoms with van der Waals surface area (Å²) in [6, 6.07) is 17.4. The highest BCUT2D eigenvalue weighted by molar-refractivity contribution is 5.96. The molecule has 2 amide bonds. The van der Waals surface area contributed by atoms with Crippen molar-refractivity contribution in [2.45, 2.75) is 19.8 Å². The van der Waals surface area contributed by atoms with Crippen LogP contribution in [0.1, 0.15) is 18.4 Å². The quantitative estimate of drug-likeness (QED) is 0.838. The van der Waals surface area contributed by atoms with Gasteiger partial charge in [0.1, 0.15) is 5.75 Å². The Kier molecular flexibility index (Phi) is 4.60. The molecule has 2 saturated heterocycles. The minimum absolute atomic E-state index is 0.0167. The summed E-state index contributed by atoms with van der Waals surface area (Å²) in [4.78, 5) is 28.8. The number of benzene rings is 2. The second-order valence-electron chi connectivity index (χ2n) is 7.66. The first-order chi connectivity index (χ1) is 13.0. The Morgan fingerprint density at radius 2 is 1.81 bits per heavy atom. The maximum Gasteiger partial charge on any atom is 0.260 e. The van der Waals surface area contributed by atoms with E-state index < -0.39 is 0 Å². The Morgan fingerprint density at radius 1 is 1.07 bits per heavy atom. The fourth-order valence-electron chi connectivity index (χ4n) is 4.03. The molecule has 2 aliphatic heterocycles. The summed E-state index contributed by atoms with van der Waals surface area (Å²) in [5, 5.41) is 0. The number of para-hydroxylation sites is 1. The molecule has 5 heteroatoms. The van der Waals surface area contributed by atoms with E-state index in [4.69, 9.17) is 4.74 Å². The summed E-state index contributed by atoms with van der Waals surface area (Å²) in [5.74, 6) is 0.826. The summed E-state index contributed by atoms with van der Waals surface area (Å²) >= 11 is 0. The second-order valence-corrected chi connectivity index (χ2v) is 7.66. The van der Waals surface area contributed by atoms with Crippen molar-refractivity contribution in [3.63, 3.8) is 0 Å². The number of anilines is 1. The molecule has 2 aliphatic rings. The highest BCUT2D eigenvalue weighted by Crippen LogP contribution is 2.41. The van der Waals surface area contributed by atoms with Gasteiger partial charge in [-0.2, -0.15) is 0 Å². The molecule has 27 heavy (non-hydrogen) atoms. The van der Waals surface area contributed by atoms with Gasteiger partial charge in [-0.1, -0.05) is 35.9 Å². The lowest BCUT2D eigenvalue weighted by atomic mass is 9.86. The molecule has 4 rings (SSSR count). The number of rotatable bonds is 4. The van der Waals surface area contributed by atoms with Crippen molar-refractivity contribution in [1.82, 2.24) is 4.90 Å². The van der Waals surface area contributed by atoms with E-state index >= 15 is 0 Å². The first kappa shape index (κ1) is 17.6. The largest absolute Gasteiger partial charge is 0.484 e. The Hall–Kier alpha value is -2.82. The van der Waals surface area contributed by atoms with Crippen molar-refractivity contribution in [3.05, 3.63) is 60.2 Å². The third kappa shape index (κ3) is 3.68. The van der Waals surface area contributed by atoms with Crippen LogP contribution in [0.4, 0.5) is 5.69 Å². The Morgan fingerprint density at radius 3 is 2.56 bits per heavy atom. The van der Waals surface area contributed by atoms with Crippen LogP contribution in [0.2, 0.25) is 0 Å². The molecular weight excluding hydrogens is 340 g/mol. The summed E-state index contributed by atoms with van der Waals surface area (Å²) in [5.41, 5.74) is 1.99. The van der Waals surface area contributed by atoms with Crippen molar-refractivity contribution in [2.75, 3.05) is 31.1 Å². The molecule has 0 radical (unpaired) electrons. The van der Waals surface area contributed by atoms with Gasteiger partial charge in [0.2, 0.25) is 5.91 Å². The molecule has 0 saturated carbocycles. The van der Waals surface area contributed by atoms with Gasteiger partial charge in [0.05, 0.1) is 0 Å². The lowest BCUT2D eigenvalue weighted by Crippen LogP contribution is -2.36. The second kappa shape index (κ2) is 7.06. The standard InChI is InChI=1S/C22H24N2O3/c1-17-7-9-18(10-8-17)24-16-22(13-20(24)25)11-12-23(15-22)21(26)14-27-19-5-3-2-4-6-19/h2-10H,11-16H2,1H3/t22-/m1/s1. The normalized spacial score (nSPS) is 21.9. The smallest absolute Gasteiger partial charge is 0.260 e. The van der Waals surface area contributed by atoms with Gasteiger partial charge in [-0.05, 0) is 37.6 Å². The van der Waals surface area contributed by atoms with E-state index in [1.54, 1.807) is 0 Å². The van der Waals surface area contributed by atoms with Crippen molar-refractivity contribution >= 4 is 17.5 Å². The number of ether oxygens (including phenoxy) is 1. The average molecular weight is 364 g/mol. The molecule has 5 nitrogen and oxygen atoms in total. The summed E-state index contributed by atoms with van der Waals surface area (Å²) in [7, 11) is 0. The van der Waals surface area contributed by atoms with E-state index in [0.717, 1.165) is 12.1 Å². The number of amides is 2. The van der Waals surface area contributed by atoms with Crippen molar-refractivity contribution < 1.29 is 14.3 Å². The first-order valence-electron chi connectivity index (χ1n) is 9.37. The zero-order chi connectivity index (χ0) is 18.9. The van der Waals surface area contributed by atoms with Gasteiger partial charge in [-0.25, -0.2) is 0 Å². The maximum absolute atomic E-state index is 12.6. The van der Waals surface area contributed by atoms with Crippen LogP contribution < -0.4 is 9.64 Å². The van der Waals surface area contributed by atoms with Gasteiger partial charge in [0.25, 0.3) is 5.91 Å². The average Bonchev–Trinajstić information content (AvgIpc) is 3.24. The number of aryl methyl sites for hydroxylation is 1. The van der Waals surface area contributed by atoms with Crippen LogP contribution in [0.25, 0.3) is 0 Å². The molecule has 2 heterocycles. The van der Waals surface area contributed by atoms with Crippen LogP contribution in [0.3, 0.4) is 0 Å². The molecule has 0 aromatic heterocycles. The summed E-state index contributed by atoms with van der Waals surface area (Å²) in [6.07, 6.45) is 1.36. The Balaban J connectivity index is 1.37. The van der Waals surface area contributed by atoms with Gasteiger partial charge in [0.15, 0.2) is 6.61 Å². The van der Waals surface area contributed by atoms with E-state index in [2.05, 4.69) is 0 Å². The number of likely N-dealkylation sites (tertiary alicyclic amines) is 1. The van der Waals surface area contributed by atoms with E-state index in [9.17, 15) is 9.59 Å². The molecule has 0 bridgehead atoms. The van der Waals surface area contributed by atoms with Crippen LogP contribution in [0.5, 0.6) is 5.75 Å². The Bertz CT molecular complexity index is 834. The molecule has 140 valence electrons. The van der Waals surface area contributed by atoms with E-state index in [1.165, 1.54) is 5.56 Å². The molecule has 0 aliphatic carbocycles. The molecule has 2 fully saturated rings. The third-order valence-corrected chi connectivity index (χ3v) is 5.56. The number of hydrogen-bond donors (Lipinski definition) is 0. The molecule has 2 aromatic rings. The van der Waals surface area contributed by atoms with Crippen LogP contribution >= 0.6 is 0 Å². The zero-order valence-electron chi connectivity index (χ0n) is 15.6. The van der Waals surface area contributed by atoms with E-state index in [-0.39, 0.29) is 23.8 Å². The van der Waals surface area contributed by atoms with E-state index in [0.29, 0.717) is 31.8 Å². The molecular formula is C22H24N2O3. The number of hydrogen-bond acceptors (Lipinski definition) is 3. The van der Waals surface area contributed by atoms with Gasteiger partial charge in [-0.15, -0.1) is 0 Å². The number of carbonyl (C=O) groups excluding carboxylic acids is 2. The predicted octanol–water partition coefficient (Wildman–Crippen LogP) is 3.03. The lowest BCUT2D eigenvalue weighted by molar-refractivity contribution is -0.132. The monoisotopic (exact) mass is 364 g/mol. The highest BCUT2D eigenvalue weighted by atomic mass is 16.5. The van der Waals surface area contributed by atoms with E-state index in [1.807, 2.05) is 71.3 Å². The van der Waals surface area contributed by atoms with Gasteiger partial charge < -0.3 is 14.5 Å². The van der Waals surface area contributed by atoms with Crippen molar-refractivity contribution in [1.29, 1.82) is 0 Å². The topological polar surface area (TPSA) is 49.9 Å². The molecule has 1 spiro atoms. The summed E-state index contributed by atoms with van der Waals surface area (Å²) in [6.45, 7) is 4.06. The Labute approximate surface area is 159 Å². The van der Waals surface area contributed by atoms with Crippen LogP contribution in [0, 0.1) is 12.3 Å². The lowest BCUT2D eigenvalue weighted by Gasteiger charge is -2.24. The molecule has 1 atom stereocenters. The predicted molar refractivity (Wildman–Crippen MR) is 104 cm³/mol. The fraction of sp³-hybridized carbons (Fsp3) is 0.364. The van der Waals surface area contributed by atoms with Gasteiger partial charge >= 0.3 is 0 Å². The zero-order valence-corrected chi connectivity index (χ0v) is 15.6. The molecule has 0 N–H and O–H groups in total. The van der Waals surface area contributed by atoms with Gasteiger partial charge in [-0.3, -0.25) is 9.59 Å². The van der Waals surface area contributed by atoms with Crippen molar-refractivity contribution in [2.24, 2.45) is 5.41 Å². The fourth-order valence-corrected chi connectivity index (χ4v) is 4.03. The van der Waals surface area contributed by atoms with Crippen molar-refractivity contribution in [3.8, 4) is 5.75 Å². The van der Waals surface area contributed by atoms with Gasteiger partial charge in [0, 0.05) is 37.2 Å².